The molecule has 1 atom stereocenters. The van der Waals surface area contributed by atoms with Gasteiger partial charge in [0.15, 0.2) is 5.69 Å². The molecule has 0 bridgehead atoms. The molecule has 1 unspecified atom stereocenters. The van der Waals surface area contributed by atoms with Gasteiger partial charge in [-0.15, -0.1) is 0 Å². The highest BCUT2D eigenvalue weighted by molar-refractivity contribution is 7.80. The van der Waals surface area contributed by atoms with Gasteiger partial charge in [-0.25, -0.2) is 9.05 Å². The fourth-order valence-electron chi connectivity index (χ4n) is 1.24. The molecule has 84 valence electrons. The summed E-state index contributed by atoms with van der Waals surface area (Å²) in [6, 6.07) is 15.5. The lowest BCUT2D eigenvalue weighted by molar-refractivity contribution is 0.562. The standard InChI is InChI=1S/C13H9NO2S/c1-14-11-7-9-13(10-8-11)17(15)16-12-5-3-2-4-6-12/h2-10H. The van der Waals surface area contributed by atoms with Crippen LogP contribution in [0.15, 0.2) is 59.5 Å². The number of hydrogen-bond acceptors (Lipinski definition) is 2. The third-order valence-electron chi connectivity index (χ3n) is 2.07. The largest absolute Gasteiger partial charge is 0.397 e. The van der Waals surface area contributed by atoms with Gasteiger partial charge in [-0.1, -0.05) is 42.5 Å². The van der Waals surface area contributed by atoms with Crippen LogP contribution in [-0.2, 0) is 11.1 Å². The maximum absolute atomic E-state index is 11.8. The highest BCUT2D eigenvalue weighted by atomic mass is 32.2. The van der Waals surface area contributed by atoms with Crippen LogP contribution in [0.1, 0.15) is 0 Å². The van der Waals surface area contributed by atoms with E-state index in [1.165, 1.54) is 0 Å². The van der Waals surface area contributed by atoms with Crippen LogP contribution in [-0.4, -0.2) is 4.21 Å². The molecule has 0 heterocycles. The SMILES string of the molecule is [C-]#[N+]c1ccc(S(=O)Oc2ccccc2)cc1. The number of nitrogens with zero attached hydrogens (tertiary/aromatic N) is 1. The second kappa shape index (κ2) is 5.28. The van der Waals surface area contributed by atoms with Gasteiger partial charge in [0.25, 0.3) is 0 Å². The number of benzene rings is 2. The highest BCUT2D eigenvalue weighted by Crippen LogP contribution is 2.18. The van der Waals surface area contributed by atoms with Crippen molar-refractivity contribution in [1.29, 1.82) is 0 Å². The van der Waals surface area contributed by atoms with E-state index in [-0.39, 0.29) is 0 Å². The second-order valence-electron chi connectivity index (χ2n) is 3.24. The summed E-state index contributed by atoms with van der Waals surface area (Å²) in [5.41, 5.74) is 0.519. The van der Waals surface area contributed by atoms with Gasteiger partial charge in [-0.3, -0.25) is 0 Å². The van der Waals surface area contributed by atoms with Crippen molar-refractivity contribution >= 4 is 16.8 Å². The van der Waals surface area contributed by atoms with Crippen molar-refractivity contribution in [3.8, 4) is 5.75 Å². The Morgan fingerprint density at radius 1 is 1.00 bits per heavy atom. The Kier molecular flexibility index (Phi) is 3.53. The van der Waals surface area contributed by atoms with E-state index in [0.717, 1.165) is 0 Å². The second-order valence-corrected chi connectivity index (χ2v) is 4.34. The Hall–Kier alpha value is -2.12. The molecular formula is C13H9NO2S. The molecule has 0 aliphatic rings. The Morgan fingerprint density at radius 2 is 1.65 bits per heavy atom. The quantitative estimate of drug-likeness (QED) is 0.774. The Bertz CT molecular complexity index is 558. The zero-order valence-corrected chi connectivity index (χ0v) is 9.68. The predicted octanol–water partition coefficient (Wildman–Crippen LogP) is 3.34. The normalized spacial score (nSPS) is 11.5. The first-order valence-corrected chi connectivity index (χ1v) is 6.00. The minimum absolute atomic E-state index is 0.519. The first-order valence-electron chi connectivity index (χ1n) is 4.92. The molecule has 0 radical (unpaired) electrons. The Morgan fingerprint density at radius 3 is 2.24 bits per heavy atom. The van der Waals surface area contributed by atoms with E-state index in [0.29, 0.717) is 16.3 Å². The molecule has 3 nitrogen and oxygen atoms in total. The minimum atomic E-state index is -1.55. The van der Waals surface area contributed by atoms with Gasteiger partial charge in [0.05, 0.1) is 11.5 Å². The first kappa shape index (κ1) is 11.4. The average Bonchev–Trinajstić information content (AvgIpc) is 2.40. The fraction of sp³-hybridized carbons (Fsp3) is 0. The van der Waals surface area contributed by atoms with Crippen molar-refractivity contribution in [2.75, 3.05) is 0 Å². The number of hydrogen-bond donors (Lipinski definition) is 0. The first-order chi connectivity index (χ1) is 8.29. The lowest BCUT2D eigenvalue weighted by Crippen LogP contribution is -2.00. The fourth-order valence-corrected chi connectivity index (χ4v) is 1.98. The van der Waals surface area contributed by atoms with Crippen LogP contribution in [0.5, 0.6) is 5.75 Å². The monoisotopic (exact) mass is 243 g/mol. The topological polar surface area (TPSA) is 30.7 Å². The van der Waals surface area contributed by atoms with E-state index in [1.807, 2.05) is 18.2 Å². The molecule has 4 heteroatoms. The molecule has 0 fully saturated rings. The van der Waals surface area contributed by atoms with Crippen molar-refractivity contribution in [1.82, 2.24) is 0 Å². The molecule has 2 rings (SSSR count). The van der Waals surface area contributed by atoms with E-state index in [1.54, 1.807) is 36.4 Å². The molecular weight excluding hydrogens is 234 g/mol. The predicted molar refractivity (Wildman–Crippen MR) is 66.2 cm³/mol. The molecule has 0 saturated heterocycles. The van der Waals surface area contributed by atoms with Gasteiger partial charge in [-0.05, 0) is 12.1 Å². The molecule has 0 amide bonds. The average molecular weight is 243 g/mol. The summed E-state index contributed by atoms with van der Waals surface area (Å²) in [4.78, 5) is 3.81. The van der Waals surface area contributed by atoms with Gasteiger partial charge in [0, 0.05) is 0 Å². The summed E-state index contributed by atoms with van der Waals surface area (Å²) >= 11 is -1.55. The van der Waals surface area contributed by atoms with E-state index in [4.69, 9.17) is 10.8 Å². The summed E-state index contributed by atoms with van der Waals surface area (Å²) in [7, 11) is 0. The molecule has 0 aromatic heterocycles. The summed E-state index contributed by atoms with van der Waals surface area (Å²) in [5.74, 6) is 0.556. The van der Waals surface area contributed by atoms with Crippen molar-refractivity contribution < 1.29 is 8.39 Å². The molecule has 0 N–H and O–H groups in total. The summed E-state index contributed by atoms with van der Waals surface area (Å²) in [6.07, 6.45) is 0. The zero-order valence-electron chi connectivity index (χ0n) is 8.87. The molecule has 0 saturated carbocycles. The summed E-state index contributed by atoms with van der Waals surface area (Å²) in [5, 5.41) is 0. The molecule has 0 spiro atoms. The molecule has 0 aliphatic heterocycles. The third-order valence-corrected chi connectivity index (χ3v) is 3.07. The zero-order chi connectivity index (χ0) is 12.1. The van der Waals surface area contributed by atoms with E-state index >= 15 is 0 Å². The van der Waals surface area contributed by atoms with E-state index in [2.05, 4.69) is 4.85 Å². The number of rotatable bonds is 3. The summed E-state index contributed by atoms with van der Waals surface area (Å²) in [6.45, 7) is 6.82. The maximum Gasteiger partial charge on any atom is 0.240 e. The molecule has 2 aromatic carbocycles. The van der Waals surface area contributed by atoms with Crippen LogP contribution >= 0.6 is 0 Å². The van der Waals surface area contributed by atoms with E-state index < -0.39 is 11.1 Å². The Balaban J connectivity index is 2.13. The highest BCUT2D eigenvalue weighted by Gasteiger charge is 2.05. The number of para-hydroxylation sites is 1. The Labute approximate surface area is 102 Å². The smallest absolute Gasteiger partial charge is 0.240 e. The van der Waals surface area contributed by atoms with Crippen molar-refractivity contribution in [2.24, 2.45) is 0 Å². The molecule has 17 heavy (non-hydrogen) atoms. The van der Waals surface area contributed by atoms with Crippen LogP contribution in [0.4, 0.5) is 5.69 Å². The molecule has 2 aromatic rings. The van der Waals surface area contributed by atoms with Crippen LogP contribution in [0.25, 0.3) is 4.85 Å². The van der Waals surface area contributed by atoms with Crippen LogP contribution in [0.3, 0.4) is 0 Å². The van der Waals surface area contributed by atoms with Crippen molar-refractivity contribution in [2.45, 2.75) is 4.90 Å². The van der Waals surface area contributed by atoms with Crippen molar-refractivity contribution in [3.63, 3.8) is 0 Å². The van der Waals surface area contributed by atoms with Gasteiger partial charge in [0.2, 0.25) is 11.1 Å². The van der Waals surface area contributed by atoms with Crippen LogP contribution in [0, 0.1) is 6.57 Å². The molecule has 0 aliphatic carbocycles. The van der Waals surface area contributed by atoms with Gasteiger partial charge in [-0.2, -0.15) is 0 Å². The van der Waals surface area contributed by atoms with Gasteiger partial charge >= 0.3 is 0 Å². The van der Waals surface area contributed by atoms with Crippen LogP contribution in [0.2, 0.25) is 0 Å². The maximum atomic E-state index is 11.8. The van der Waals surface area contributed by atoms with E-state index in [9.17, 15) is 4.21 Å². The van der Waals surface area contributed by atoms with Crippen LogP contribution < -0.4 is 4.18 Å². The van der Waals surface area contributed by atoms with Gasteiger partial charge < -0.3 is 4.18 Å². The van der Waals surface area contributed by atoms with Gasteiger partial charge in [0.1, 0.15) is 5.75 Å². The lowest BCUT2D eigenvalue weighted by Gasteiger charge is -2.04. The summed E-state index contributed by atoms with van der Waals surface area (Å²) < 4.78 is 17.1. The third kappa shape index (κ3) is 2.92. The van der Waals surface area contributed by atoms with Crippen molar-refractivity contribution in [3.05, 3.63) is 66.0 Å². The minimum Gasteiger partial charge on any atom is -0.397 e. The lowest BCUT2D eigenvalue weighted by atomic mass is 10.3.